The third kappa shape index (κ3) is 1.75. The Morgan fingerprint density at radius 3 is 3.14 bits per heavy atom. The molecule has 5 nitrogen and oxygen atoms in total. The van der Waals surface area contributed by atoms with Gasteiger partial charge < -0.3 is 9.84 Å². The number of hydrogen-bond acceptors (Lipinski definition) is 5. The molecule has 0 radical (unpaired) electrons. The van der Waals surface area contributed by atoms with Crippen molar-refractivity contribution in [1.29, 1.82) is 0 Å². The van der Waals surface area contributed by atoms with E-state index in [0.717, 1.165) is 3.79 Å². The molecule has 2 rings (SSSR count). The number of amides is 1. The molecule has 0 unspecified atom stereocenters. The average molecular weight is 279 g/mol. The van der Waals surface area contributed by atoms with E-state index in [1.54, 1.807) is 6.20 Å². The Kier molecular flexibility index (Phi) is 2.71. The van der Waals surface area contributed by atoms with Crippen molar-refractivity contribution in [3.8, 4) is 0 Å². The van der Waals surface area contributed by atoms with Crippen molar-refractivity contribution in [3.05, 3.63) is 9.98 Å². The van der Waals surface area contributed by atoms with Crippen molar-refractivity contribution in [2.24, 2.45) is 0 Å². The van der Waals surface area contributed by atoms with Gasteiger partial charge >= 0.3 is 6.09 Å². The number of aliphatic hydroxyl groups is 1. The number of halogens is 1. The van der Waals surface area contributed by atoms with E-state index < -0.39 is 12.2 Å². The number of rotatable bonds is 2. The maximum absolute atomic E-state index is 11.3. The van der Waals surface area contributed by atoms with Crippen LogP contribution in [0.1, 0.15) is 0 Å². The van der Waals surface area contributed by atoms with Crippen LogP contribution in [0.4, 0.5) is 9.93 Å². The predicted molar refractivity (Wildman–Crippen MR) is 54.5 cm³/mol. The summed E-state index contributed by atoms with van der Waals surface area (Å²) in [5.74, 6) is 0. The summed E-state index contributed by atoms with van der Waals surface area (Å²) >= 11 is 4.61. The molecule has 0 spiro atoms. The number of aromatic nitrogens is 1. The van der Waals surface area contributed by atoms with Crippen LogP contribution in [0.25, 0.3) is 0 Å². The van der Waals surface area contributed by atoms with Gasteiger partial charge in [0.2, 0.25) is 0 Å². The summed E-state index contributed by atoms with van der Waals surface area (Å²) in [6.45, 7) is 0.198. The molecule has 1 aromatic rings. The standard InChI is InChI=1S/C7H7BrN2O3S/c8-5-1-9-6(14-5)10-2-4(3-11)13-7(10)12/h1,4,11H,2-3H2/t4-/m1/s1. The lowest BCUT2D eigenvalue weighted by Gasteiger charge is -2.06. The van der Waals surface area contributed by atoms with Crippen molar-refractivity contribution in [2.75, 3.05) is 18.1 Å². The van der Waals surface area contributed by atoms with E-state index in [2.05, 4.69) is 20.9 Å². The van der Waals surface area contributed by atoms with Crippen LogP contribution in [0.2, 0.25) is 0 Å². The van der Waals surface area contributed by atoms with Crippen LogP contribution in [0.15, 0.2) is 9.98 Å². The van der Waals surface area contributed by atoms with Crippen LogP contribution >= 0.6 is 27.3 Å². The molecule has 1 atom stereocenters. The van der Waals surface area contributed by atoms with Crippen LogP contribution in [0.5, 0.6) is 0 Å². The van der Waals surface area contributed by atoms with Gasteiger partial charge in [0.15, 0.2) is 5.13 Å². The first-order valence-electron chi connectivity index (χ1n) is 3.91. The molecule has 14 heavy (non-hydrogen) atoms. The second-order valence-corrected chi connectivity index (χ2v) is 5.13. The van der Waals surface area contributed by atoms with Crippen LogP contribution in [-0.2, 0) is 4.74 Å². The molecular formula is C7H7BrN2O3S. The van der Waals surface area contributed by atoms with Gasteiger partial charge in [-0.05, 0) is 15.9 Å². The lowest BCUT2D eigenvalue weighted by molar-refractivity contribution is 0.0963. The Morgan fingerprint density at radius 2 is 2.64 bits per heavy atom. The molecule has 1 saturated heterocycles. The lowest BCUT2D eigenvalue weighted by atomic mass is 10.4. The Labute approximate surface area is 92.4 Å². The SMILES string of the molecule is O=C1O[C@@H](CO)CN1c1ncc(Br)s1. The number of cyclic esters (lactones) is 1. The first-order valence-corrected chi connectivity index (χ1v) is 5.52. The monoisotopic (exact) mass is 278 g/mol. The number of nitrogens with zero attached hydrogens (tertiary/aromatic N) is 2. The van der Waals surface area contributed by atoms with Crippen molar-refractivity contribution < 1.29 is 14.6 Å². The molecule has 0 aliphatic carbocycles. The Balaban J connectivity index is 2.16. The van der Waals surface area contributed by atoms with Crippen molar-refractivity contribution in [3.63, 3.8) is 0 Å². The Bertz CT molecular complexity index is 356. The fraction of sp³-hybridized carbons (Fsp3) is 0.429. The molecule has 76 valence electrons. The van der Waals surface area contributed by atoms with Gasteiger partial charge in [0.1, 0.15) is 6.10 Å². The van der Waals surface area contributed by atoms with E-state index in [-0.39, 0.29) is 6.61 Å². The van der Waals surface area contributed by atoms with E-state index in [0.29, 0.717) is 11.7 Å². The van der Waals surface area contributed by atoms with E-state index in [1.165, 1.54) is 16.2 Å². The highest BCUT2D eigenvalue weighted by molar-refractivity contribution is 9.11. The lowest BCUT2D eigenvalue weighted by Crippen LogP contribution is -2.25. The van der Waals surface area contributed by atoms with E-state index >= 15 is 0 Å². The Hall–Kier alpha value is -0.660. The van der Waals surface area contributed by atoms with Gasteiger partial charge in [0.25, 0.3) is 0 Å². The van der Waals surface area contributed by atoms with Gasteiger partial charge in [-0.1, -0.05) is 11.3 Å². The number of carbonyl (C=O) groups is 1. The highest BCUT2D eigenvalue weighted by atomic mass is 79.9. The van der Waals surface area contributed by atoms with Crippen LogP contribution in [0.3, 0.4) is 0 Å². The van der Waals surface area contributed by atoms with Crippen LogP contribution in [-0.4, -0.2) is 35.4 Å². The molecule has 7 heteroatoms. The second kappa shape index (κ2) is 3.84. The number of ether oxygens (including phenoxy) is 1. The van der Waals surface area contributed by atoms with Gasteiger partial charge in [0, 0.05) is 0 Å². The zero-order chi connectivity index (χ0) is 10.1. The number of aliphatic hydroxyl groups excluding tert-OH is 1. The maximum Gasteiger partial charge on any atom is 0.416 e. The first kappa shape index (κ1) is 9.88. The number of anilines is 1. The van der Waals surface area contributed by atoms with Gasteiger partial charge in [-0.25, -0.2) is 14.7 Å². The third-order valence-electron chi connectivity index (χ3n) is 1.77. The van der Waals surface area contributed by atoms with Crippen LogP contribution in [0, 0.1) is 0 Å². The van der Waals surface area contributed by atoms with E-state index in [1.807, 2.05) is 0 Å². The zero-order valence-electron chi connectivity index (χ0n) is 7.01. The second-order valence-electron chi connectivity index (χ2n) is 2.75. The molecule has 1 aromatic heterocycles. The molecule has 0 aromatic carbocycles. The van der Waals surface area contributed by atoms with Gasteiger partial charge in [-0.3, -0.25) is 0 Å². The van der Waals surface area contributed by atoms with Crippen molar-refractivity contribution in [2.45, 2.75) is 6.10 Å². The highest BCUT2D eigenvalue weighted by Crippen LogP contribution is 2.29. The largest absolute Gasteiger partial charge is 0.441 e. The summed E-state index contributed by atoms with van der Waals surface area (Å²) in [6.07, 6.45) is 0.732. The van der Waals surface area contributed by atoms with Crippen molar-refractivity contribution in [1.82, 2.24) is 4.98 Å². The molecule has 1 N–H and O–H groups in total. The van der Waals surface area contributed by atoms with E-state index in [4.69, 9.17) is 9.84 Å². The van der Waals surface area contributed by atoms with Crippen molar-refractivity contribution >= 4 is 38.5 Å². The smallest absolute Gasteiger partial charge is 0.416 e. The molecule has 2 heterocycles. The topological polar surface area (TPSA) is 62.7 Å². The minimum absolute atomic E-state index is 0.158. The summed E-state index contributed by atoms with van der Waals surface area (Å²) in [7, 11) is 0. The highest BCUT2D eigenvalue weighted by Gasteiger charge is 2.33. The summed E-state index contributed by atoms with van der Waals surface area (Å²) < 4.78 is 5.73. The summed E-state index contributed by atoms with van der Waals surface area (Å²) in [5.41, 5.74) is 0. The fourth-order valence-electron chi connectivity index (χ4n) is 1.14. The maximum atomic E-state index is 11.3. The fourth-order valence-corrected chi connectivity index (χ4v) is 2.32. The zero-order valence-corrected chi connectivity index (χ0v) is 9.42. The van der Waals surface area contributed by atoms with E-state index in [9.17, 15) is 4.79 Å². The minimum Gasteiger partial charge on any atom is -0.441 e. The van der Waals surface area contributed by atoms with Gasteiger partial charge in [-0.15, -0.1) is 0 Å². The molecular weight excluding hydrogens is 272 g/mol. The molecule has 1 aliphatic rings. The predicted octanol–water partition coefficient (Wildman–Crippen LogP) is 1.22. The summed E-state index contributed by atoms with van der Waals surface area (Å²) in [4.78, 5) is 16.7. The number of thiazole rings is 1. The molecule has 0 bridgehead atoms. The van der Waals surface area contributed by atoms with Crippen LogP contribution < -0.4 is 4.90 Å². The minimum atomic E-state index is -0.453. The average Bonchev–Trinajstić information content (AvgIpc) is 2.71. The molecule has 0 saturated carbocycles. The first-order chi connectivity index (χ1) is 6.70. The quantitative estimate of drug-likeness (QED) is 0.884. The Morgan fingerprint density at radius 1 is 1.86 bits per heavy atom. The summed E-state index contributed by atoms with van der Waals surface area (Å²) in [6, 6.07) is 0. The molecule has 1 amide bonds. The molecule has 1 aliphatic heterocycles. The number of hydrogen-bond donors (Lipinski definition) is 1. The van der Waals surface area contributed by atoms with Gasteiger partial charge in [0.05, 0.1) is 23.1 Å². The molecule has 1 fully saturated rings. The third-order valence-corrected chi connectivity index (χ3v) is 3.27. The normalized spacial score (nSPS) is 21.4. The summed E-state index contributed by atoms with van der Waals surface area (Å²) in [5, 5.41) is 9.40. The number of carbonyl (C=O) groups excluding carboxylic acids is 1. The van der Waals surface area contributed by atoms with Gasteiger partial charge in [-0.2, -0.15) is 0 Å².